The van der Waals surface area contributed by atoms with Crippen LogP contribution < -0.4 is 11.3 Å². The van der Waals surface area contributed by atoms with Crippen LogP contribution in [0, 0.1) is 6.92 Å². The fourth-order valence-electron chi connectivity index (χ4n) is 1.28. The number of pyridine rings is 2. The van der Waals surface area contributed by atoms with Crippen molar-refractivity contribution in [2.24, 2.45) is 0 Å². The van der Waals surface area contributed by atoms with Gasteiger partial charge in [-0.05, 0) is 19.1 Å². The topological polar surface area (TPSA) is 71.8 Å². The molecule has 5 heteroatoms. The Hall–Kier alpha value is -1.55. The minimum atomic E-state index is -0.252. The molecule has 0 aromatic carbocycles. The molecule has 2 aromatic rings. The zero-order chi connectivity index (χ0) is 9.42. The van der Waals surface area contributed by atoms with Gasteiger partial charge in [0.25, 0.3) is 5.56 Å². The van der Waals surface area contributed by atoms with E-state index in [1.807, 2.05) is 6.92 Å². The average Bonchev–Trinajstić information content (AvgIpc) is 2.09. The second kappa shape index (κ2) is 3.67. The monoisotopic (exact) mass is 211 g/mol. The van der Waals surface area contributed by atoms with Crippen molar-refractivity contribution in [3.8, 4) is 0 Å². The Morgan fingerprint density at radius 3 is 2.93 bits per heavy atom. The third kappa shape index (κ3) is 1.56. The Morgan fingerprint density at radius 2 is 2.21 bits per heavy atom. The van der Waals surface area contributed by atoms with Gasteiger partial charge in [-0.25, -0.2) is 0 Å². The summed E-state index contributed by atoms with van der Waals surface area (Å²) < 4.78 is 0. The summed E-state index contributed by atoms with van der Waals surface area (Å²) in [6.07, 6.45) is 1.66. The Bertz CT molecular complexity index is 521. The number of hydrogen-bond donors (Lipinski definition) is 2. The molecule has 2 aromatic heterocycles. The van der Waals surface area contributed by atoms with Crippen LogP contribution in [0.5, 0.6) is 0 Å². The number of nitrogens with zero attached hydrogens (tertiary/aromatic N) is 1. The molecular weight excluding hydrogens is 202 g/mol. The SMILES string of the molecule is Cc1nccc2[nH]c(=O)c(N)cc12.Cl. The Morgan fingerprint density at radius 1 is 1.50 bits per heavy atom. The largest absolute Gasteiger partial charge is 0.394 e. The van der Waals surface area contributed by atoms with Crippen molar-refractivity contribution in [3.05, 3.63) is 34.4 Å². The van der Waals surface area contributed by atoms with Crippen molar-refractivity contribution in [2.45, 2.75) is 6.92 Å². The number of fused-ring (bicyclic) bond motifs is 1. The van der Waals surface area contributed by atoms with E-state index in [0.717, 1.165) is 16.6 Å². The van der Waals surface area contributed by atoms with E-state index >= 15 is 0 Å². The minimum absolute atomic E-state index is 0. The van der Waals surface area contributed by atoms with Gasteiger partial charge in [0.2, 0.25) is 0 Å². The van der Waals surface area contributed by atoms with Crippen molar-refractivity contribution in [2.75, 3.05) is 5.73 Å². The number of aromatic nitrogens is 2. The molecule has 2 rings (SSSR count). The summed E-state index contributed by atoms with van der Waals surface area (Å²) >= 11 is 0. The molecule has 3 N–H and O–H groups in total. The van der Waals surface area contributed by atoms with E-state index in [0.29, 0.717) is 0 Å². The highest BCUT2D eigenvalue weighted by Gasteiger charge is 2.01. The lowest BCUT2D eigenvalue weighted by Crippen LogP contribution is -2.11. The molecule has 0 saturated heterocycles. The summed E-state index contributed by atoms with van der Waals surface area (Å²) in [6.45, 7) is 1.88. The molecule has 0 aliphatic heterocycles. The molecule has 0 aliphatic rings. The standard InChI is InChI=1S/C9H9N3O.ClH/c1-5-6-4-7(10)9(13)12-8(6)2-3-11-5;/h2-4H,10H2,1H3,(H,12,13);1H. The van der Waals surface area contributed by atoms with Crippen molar-refractivity contribution >= 4 is 29.0 Å². The van der Waals surface area contributed by atoms with Gasteiger partial charge in [0.1, 0.15) is 0 Å². The maximum Gasteiger partial charge on any atom is 0.271 e. The number of rotatable bonds is 0. The maximum absolute atomic E-state index is 11.1. The zero-order valence-electron chi connectivity index (χ0n) is 7.57. The number of halogens is 1. The van der Waals surface area contributed by atoms with Crippen LogP contribution in [0.3, 0.4) is 0 Å². The molecule has 0 fully saturated rings. The van der Waals surface area contributed by atoms with Gasteiger partial charge in [-0.3, -0.25) is 9.78 Å². The van der Waals surface area contributed by atoms with Crippen LogP contribution in [-0.4, -0.2) is 9.97 Å². The minimum Gasteiger partial charge on any atom is -0.394 e. The Balaban J connectivity index is 0.000000980. The first kappa shape index (κ1) is 10.5. The second-order valence-corrected chi connectivity index (χ2v) is 2.91. The van der Waals surface area contributed by atoms with Crippen molar-refractivity contribution in [1.29, 1.82) is 0 Å². The predicted molar refractivity (Wildman–Crippen MR) is 58.8 cm³/mol. The molecule has 0 radical (unpaired) electrons. The van der Waals surface area contributed by atoms with E-state index in [-0.39, 0.29) is 23.7 Å². The lowest BCUT2D eigenvalue weighted by atomic mass is 10.2. The summed E-state index contributed by atoms with van der Waals surface area (Å²) in [5, 5.41) is 0.889. The average molecular weight is 212 g/mol. The first-order valence-corrected chi connectivity index (χ1v) is 3.92. The number of nitrogen functional groups attached to an aromatic ring is 1. The van der Waals surface area contributed by atoms with Crippen LogP contribution in [0.25, 0.3) is 10.9 Å². The number of anilines is 1. The molecule has 0 bridgehead atoms. The molecule has 74 valence electrons. The van der Waals surface area contributed by atoms with Gasteiger partial charge >= 0.3 is 0 Å². The molecule has 0 amide bonds. The first-order valence-electron chi connectivity index (χ1n) is 3.92. The van der Waals surface area contributed by atoms with Gasteiger partial charge in [-0.15, -0.1) is 12.4 Å². The molecule has 4 nitrogen and oxygen atoms in total. The van der Waals surface area contributed by atoms with Gasteiger partial charge < -0.3 is 10.7 Å². The van der Waals surface area contributed by atoms with E-state index in [9.17, 15) is 4.79 Å². The summed E-state index contributed by atoms with van der Waals surface area (Å²) in [5.74, 6) is 0. The normalized spacial score (nSPS) is 9.79. The lowest BCUT2D eigenvalue weighted by Gasteiger charge is -2.00. The molecule has 0 atom stereocenters. The molecule has 0 unspecified atom stereocenters. The third-order valence-electron chi connectivity index (χ3n) is 2.00. The number of H-pyrrole nitrogens is 1. The van der Waals surface area contributed by atoms with Gasteiger partial charge in [-0.2, -0.15) is 0 Å². The predicted octanol–water partition coefficient (Wildman–Crippen LogP) is 1.24. The first-order chi connectivity index (χ1) is 6.18. The number of nitrogens with two attached hydrogens (primary N) is 1. The van der Waals surface area contributed by atoms with E-state index in [4.69, 9.17) is 5.73 Å². The maximum atomic E-state index is 11.1. The summed E-state index contributed by atoms with van der Waals surface area (Å²) in [6, 6.07) is 3.40. The Labute approximate surface area is 86.6 Å². The number of aromatic amines is 1. The number of hydrogen-bond acceptors (Lipinski definition) is 3. The molecule has 0 aliphatic carbocycles. The van der Waals surface area contributed by atoms with Crippen LogP contribution in [0.15, 0.2) is 23.1 Å². The fraction of sp³-hybridized carbons (Fsp3) is 0.111. The van der Waals surface area contributed by atoms with Gasteiger partial charge in [0, 0.05) is 17.3 Å². The van der Waals surface area contributed by atoms with Gasteiger partial charge in [0.05, 0.1) is 11.2 Å². The van der Waals surface area contributed by atoms with Crippen LogP contribution in [-0.2, 0) is 0 Å². The lowest BCUT2D eigenvalue weighted by molar-refractivity contribution is 1.21. The van der Waals surface area contributed by atoms with Crippen LogP contribution in [0.1, 0.15) is 5.69 Å². The third-order valence-corrected chi connectivity index (χ3v) is 2.00. The molecule has 0 saturated carbocycles. The second-order valence-electron chi connectivity index (χ2n) is 2.91. The summed E-state index contributed by atoms with van der Waals surface area (Å²) in [5.41, 5.74) is 7.09. The highest BCUT2D eigenvalue weighted by Crippen LogP contribution is 2.13. The van der Waals surface area contributed by atoms with Crippen LogP contribution in [0.2, 0.25) is 0 Å². The number of aryl methyl sites for hydroxylation is 1. The fourth-order valence-corrected chi connectivity index (χ4v) is 1.28. The summed E-state index contributed by atoms with van der Waals surface area (Å²) in [4.78, 5) is 17.9. The number of nitrogens with one attached hydrogen (secondary N) is 1. The smallest absolute Gasteiger partial charge is 0.271 e. The summed E-state index contributed by atoms with van der Waals surface area (Å²) in [7, 11) is 0. The Kier molecular flexibility index (Phi) is 2.76. The molecule has 14 heavy (non-hydrogen) atoms. The zero-order valence-corrected chi connectivity index (χ0v) is 8.39. The van der Waals surface area contributed by atoms with E-state index < -0.39 is 0 Å². The van der Waals surface area contributed by atoms with Crippen molar-refractivity contribution in [3.63, 3.8) is 0 Å². The van der Waals surface area contributed by atoms with E-state index in [1.165, 1.54) is 0 Å². The highest BCUT2D eigenvalue weighted by molar-refractivity contribution is 5.85. The van der Waals surface area contributed by atoms with Crippen molar-refractivity contribution in [1.82, 2.24) is 9.97 Å². The van der Waals surface area contributed by atoms with E-state index in [2.05, 4.69) is 9.97 Å². The van der Waals surface area contributed by atoms with Crippen molar-refractivity contribution < 1.29 is 0 Å². The highest BCUT2D eigenvalue weighted by atomic mass is 35.5. The van der Waals surface area contributed by atoms with Gasteiger partial charge in [0.15, 0.2) is 0 Å². The quantitative estimate of drug-likeness (QED) is 0.689. The van der Waals surface area contributed by atoms with Crippen LogP contribution >= 0.6 is 12.4 Å². The van der Waals surface area contributed by atoms with Crippen LogP contribution in [0.4, 0.5) is 5.69 Å². The van der Waals surface area contributed by atoms with Gasteiger partial charge in [-0.1, -0.05) is 0 Å². The molecule has 0 spiro atoms. The molecule has 2 heterocycles. The van der Waals surface area contributed by atoms with E-state index in [1.54, 1.807) is 18.3 Å². The molecular formula is C9H10ClN3O.